The molecule has 0 saturated carbocycles. The number of rotatable bonds is 2. The van der Waals surface area contributed by atoms with Crippen molar-refractivity contribution in [3.8, 4) is 0 Å². The van der Waals surface area contributed by atoms with E-state index in [9.17, 15) is 4.79 Å². The highest BCUT2D eigenvalue weighted by Gasteiger charge is 2.30. The van der Waals surface area contributed by atoms with Crippen molar-refractivity contribution in [1.29, 1.82) is 0 Å². The largest absolute Gasteiger partial charge is 0.370 e. The first-order chi connectivity index (χ1) is 9.52. The van der Waals surface area contributed by atoms with Gasteiger partial charge in [-0.1, -0.05) is 23.8 Å². The van der Waals surface area contributed by atoms with Crippen molar-refractivity contribution in [2.24, 2.45) is 0 Å². The van der Waals surface area contributed by atoms with Gasteiger partial charge in [0, 0.05) is 16.9 Å². The molecule has 1 unspecified atom stereocenters. The second-order valence-corrected chi connectivity index (χ2v) is 5.53. The molecule has 0 aromatic heterocycles. The molecule has 102 valence electrons. The third-order valence-electron chi connectivity index (χ3n) is 3.57. The number of carbonyl (C=O) groups excluding carboxylic acids is 1. The van der Waals surface area contributed by atoms with Gasteiger partial charge in [0.05, 0.1) is 0 Å². The summed E-state index contributed by atoms with van der Waals surface area (Å²) in [5.41, 5.74) is 6.45. The maximum atomic E-state index is 12.1. The lowest BCUT2D eigenvalue weighted by Crippen LogP contribution is -2.19. The van der Waals surface area contributed by atoms with Gasteiger partial charge in [-0.2, -0.15) is 0 Å². The number of carbonyl (C=O) groups is 1. The summed E-state index contributed by atoms with van der Waals surface area (Å²) in [4.78, 5) is 12.1. The Bertz CT molecular complexity index is 671. The average Bonchev–Trinajstić information content (AvgIpc) is 2.65. The highest BCUT2D eigenvalue weighted by Crippen LogP contribution is 2.34. The van der Waals surface area contributed by atoms with Crippen LogP contribution in [0.1, 0.15) is 28.3 Å². The molecular weight excluding hydrogens is 248 g/mol. The number of nitrogens with one attached hydrogen (secondary N) is 2. The second-order valence-electron chi connectivity index (χ2n) is 5.53. The highest BCUT2D eigenvalue weighted by molar-refractivity contribution is 6.04. The van der Waals surface area contributed by atoms with Gasteiger partial charge in [-0.05, 0) is 50.1 Å². The molecule has 1 atom stereocenters. The number of aryl methyl sites for hydroxylation is 3. The minimum atomic E-state index is -0.314. The van der Waals surface area contributed by atoms with Crippen LogP contribution in [-0.2, 0) is 4.79 Å². The van der Waals surface area contributed by atoms with Crippen LogP contribution in [0.25, 0.3) is 0 Å². The fraction of sp³-hybridized carbons (Fsp3) is 0.235. The fourth-order valence-corrected chi connectivity index (χ4v) is 2.75. The molecule has 3 heteroatoms. The van der Waals surface area contributed by atoms with E-state index in [1.807, 2.05) is 19.1 Å². The van der Waals surface area contributed by atoms with Gasteiger partial charge < -0.3 is 10.6 Å². The Morgan fingerprint density at radius 2 is 1.65 bits per heavy atom. The normalized spacial score (nSPS) is 16.8. The third-order valence-corrected chi connectivity index (χ3v) is 3.57. The molecule has 2 N–H and O–H groups in total. The molecule has 2 aromatic rings. The molecule has 1 aliphatic rings. The summed E-state index contributed by atoms with van der Waals surface area (Å²) in [5.74, 6) is 0.00441. The molecule has 0 spiro atoms. The van der Waals surface area contributed by atoms with Gasteiger partial charge in [0.2, 0.25) is 0 Å². The molecule has 1 aliphatic heterocycles. The highest BCUT2D eigenvalue weighted by atomic mass is 16.2. The quantitative estimate of drug-likeness (QED) is 0.869. The Morgan fingerprint density at radius 1 is 0.950 bits per heavy atom. The Hall–Kier alpha value is -2.29. The SMILES string of the molecule is Cc1cc(C)cc(NC2C(=O)Nc3ccc(C)cc32)c1. The molecule has 0 radical (unpaired) electrons. The van der Waals surface area contributed by atoms with Crippen LogP contribution in [-0.4, -0.2) is 5.91 Å². The van der Waals surface area contributed by atoms with Crippen molar-refractivity contribution in [3.05, 3.63) is 58.7 Å². The van der Waals surface area contributed by atoms with Crippen molar-refractivity contribution in [1.82, 2.24) is 0 Å². The predicted octanol–water partition coefficient (Wildman–Crippen LogP) is 3.72. The maximum Gasteiger partial charge on any atom is 0.251 e. The van der Waals surface area contributed by atoms with E-state index >= 15 is 0 Å². The first-order valence-corrected chi connectivity index (χ1v) is 6.79. The first kappa shape index (κ1) is 12.7. The van der Waals surface area contributed by atoms with Gasteiger partial charge in [0.15, 0.2) is 0 Å². The summed E-state index contributed by atoms with van der Waals surface area (Å²) in [6.07, 6.45) is 0. The molecule has 3 nitrogen and oxygen atoms in total. The number of hydrogen-bond acceptors (Lipinski definition) is 2. The fourth-order valence-electron chi connectivity index (χ4n) is 2.75. The monoisotopic (exact) mass is 266 g/mol. The minimum absolute atomic E-state index is 0.00441. The zero-order valence-corrected chi connectivity index (χ0v) is 11.9. The Balaban J connectivity index is 1.95. The number of anilines is 2. The lowest BCUT2D eigenvalue weighted by molar-refractivity contribution is -0.116. The van der Waals surface area contributed by atoms with E-state index in [1.54, 1.807) is 0 Å². The maximum absolute atomic E-state index is 12.1. The molecule has 1 heterocycles. The molecule has 0 bridgehead atoms. The van der Waals surface area contributed by atoms with Crippen molar-refractivity contribution < 1.29 is 4.79 Å². The number of benzene rings is 2. The summed E-state index contributed by atoms with van der Waals surface area (Å²) in [6.45, 7) is 6.16. The molecule has 2 aromatic carbocycles. The van der Waals surface area contributed by atoms with Gasteiger partial charge in [-0.25, -0.2) is 0 Å². The Labute approximate surface area is 119 Å². The van der Waals surface area contributed by atoms with Crippen LogP contribution in [0.2, 0.25) is 0 Å². The second kappa shape index (κ2) is 4.67. The van der Waals surface area contributed by atoms with Gasteiger partial charge in [-0.15, -0.1) is 0 Å². The summed E-state index contributed by atoms with van der Waals surface area (Å²) in [6, 6.07) is 12.0. The van der Waals surface area contributed by atoms with Crippen molar-refractivity contribution in [3.63, 3.8) is 0 Å². The van der Waals surface area contributed by atoms with E-state index in [-0.39, 0.29) is 11.9 Å². The number of hydrogen-bond donors (Lipinski definition) is 2. The van der Waals surface area contributed by atoms with Gasteiger partial charge in [-0.3, -0.25) is 4.79 Å². The molecule has 3 rings (SSSR count). The zero-order chi connectivity index (χ0) is 14.3. The average molecular weight is 266 g/mol. The van der Waals surface area contributed by atoms with Crippen LogP contribution in [0.5, 0.6) is 0 Å². The molecular formula is C17H18N2O. The number of fused-ring (bicyclic) bond motifs is 1. The molecule has 20 heavy (non-hydrogen) atoms. The van der Waals surface area contributed by atoms with Crippen LogP contribution in [0, 0.1) is 20.8 Å². The lowest BCUT2D eigenvalue weighted by Gasteiger charge is -2.14. The van der Waals surface area contributed by atoms with Crippen LogP contribution < -0.4 is 10.6 Å². The van der Waals surface area contributed by atoms with Crippen LogP contribution in [0.4, 0.5) is 11.4 Å². The smallest absolute Gasteiger partial charge is 0.251 e. The number of amides is 1. The van der Waals surface area contributed by atoms with E-state index < -0.39 is 0 Å². The minimum Gasteiger partial charge on any atom is -0.370 e. The van der Waals surface area contributed by atoms with Gasteiger partial charge in [0.25, 0.3) is 5.91 Å². The van der Waals surface area contributed by atoms with E-state index in [4.69, 9.17) is 0 Å². The van der Waals surface area contributed by atoms with Crippen LogP contribution in [0.15, 0.2) is 36.4 Å². The van der Waals surface area contributed by atoms with E-state index in [1.165, 1.54) is 11.1 Å². The molecule has 1 amide bonds. The Kier molecular flexibility index (Phi) is 2.97. The van der Waals surface area contributed by atoms with Crippen molar-refractivity contribution >= 4 is 17.3 Å². The predicted molar refractivity (Wildman–Crippen MR) is 82.1 cm³/mol. The summed E-state index contributed by atoms with van der Waals surface area (Å²) in [7, 11) is 0. The topological polar surface area (TPSA) is 41.1 Å². The molecule has 0 aliphatic carbocycles. The lowest BCUT2D eigenvalue weighted by atomic mass is 10.0. The summed E-state index contributed by atoms with van der Waals surface area (Å²) < 4.78 is 0. The van der Waals surface area contributed by atoms with E-state index in [0.717, 1.165) is 22.5 Å². The molecule has 0 saturated heterocycles. The summed E-state index contributed by atoms with van der Waals surface area (Å²) >= 11 is 0. The van der Waals surface area contributed by atoms with Gasteiger partial charge >= 0.3 is 0 Å². The van der Waals surface area contributed by atoms with Crippen LogP contribution in [0.3, 0.4) is 0 Å². The van der Waals surface area contributed by atoms with Gasteiger partial charge in [0.1, 0.15) is 6.04 Å². The standard InChI is InChI=1S/C17H18N2O/c1-10-4-5-15-14(9-10)16(17(20)19-15)18-13-7-11(2)6-12(3)8-13/h4-9,16,18H,1-3H3,(H,19,20). The first-order valence-electron chi connectivity index (χ1n) is 6.79. The Morgan fingerprint density at radius 3 is 2.35 bits per heavy atom. The van der Waals surface area contributed by atoms with E-state index in [0.29, 0.717) is 0 Å². The zero-order valence-electron chi connectivity index (χ0n) is 11.9. The van der Waals surface area contributed by atoms with E-state index in [2.05, 4.69) is 48.7 Å². The van der Waals surface area contributed by atoms with Crippen molar-refractivity contribution in [2.75, 3.05) is 10.6 Å². The van der Waals surface area contributed by atoms with Crippen LogP contribution >= 0.6 is 0 Å². The van der Waals surface area contributed by atoms with Crippen molar-refractivity contribution in [2.45, 2.75) is 26.8 Å². The third kappa shape index (κ3) is 2.27. The summed E-state index contributed by atoms with van der Waals surface area (Å²) in [5, 5.41) is 6.27. The molecule has 0 fully saturated rings.